The van der Waals surface area contributed by atoms with E-state index in [-0.39, 0.29) is 13.1 Å². The maximum atomic E-state index is 13.0. The fourth-order valence-corrected chi connectivity index (χ4v) is 2.88. The van der Waals surface area contributed by atoms with Crippen LogP contribution in [-0.2, 0) is 9.59 Å². The number of carbonyl (C=O) groups is 2. The summed E-state index contributed by atoms with van der Waals surface area (Å²) in [6, 6.07) is 4.66. The van der Waals surface area contributed by atoms with Gasteiger partial charge in [-0.15, -0.1) is 0 Å². The first-order valence-electron chi connectivity index (χ1n) is 7.69. The van der Waals surface area contributed by atoms with Crippen LogP contribution in [0.1, 0.15) is 0 Å². The average Bonchev–Trinajstić information content (AvgIpc) is 2.98. The molecule has 0 aliphatic carbocycles. The summed E-state index contributed by atoms with van der Waals surface area (Å²) in [6.45, 7) is -1.22. The van der Waals surface area contributed by atoms with E-state index < -0.39 is 36.4 Å². The molecule has 1 aromatic rings. The summed E-state index contributed by atoms with van der Waals surface area (Å²) in [5.74, 6) is -4.79. The van der Waals surface area contributed by atoms with Crippen LogP contribution in [0.2, 0.25) is 0 Å². The monoisotopic (exact) mass is 376 g/mol. The number of amides is 1. The van der Waals surface area contributed by atoms with Crippen molar-refractivity contribution in [3.8, 4) is 11.5 Å². The molecule has 0 spiro atoms. The maximum absolute atomic E-state index is 13.0. The van der Waals surface area contributed by atoms with E-state index in [1.165, 1.54) is 31.3 Å². The molecule has 1 amide bonds. The standard InChI is InChI=1S/C16H19F3N2O5/c1-25-10-3-9(4-11(5-10)26-2)20-14(22)8-21-6-12(15(23)24)13(7-21)16(17,18)19/h3-5,12-13H,6-8H2,1-2H3,(H,20,22)(H,23,24)/t12-,13-/m1/s1. The molecule has 1 saturated heterocycles. The number of rotatable bonds is 6. The highest BCUT2D eigenvalue weighted by Crippen LogP contribution is 2.37. The fourth-order valence-electron chi connectivity index (χ4n) is 2.88. The summed E-state index contributed by atoms with van der Waals surface area (Å²) >= 11 is 0. The smallest absolute Gasteiger partial charge is 0.393 e. The molecule has 10 heteroatoms. The van der Waals surface area contributed by atoms with Gasteiger partial charge < -0.3 is 19.9 Å². The Labute approximate surface area is 147 Å². The van der Waals surface area contributed by atoms with E-state index in [2.05, 4.69) is 5.32 Å². The lowest BCUT2D eigenvalue weighted by Gasteiger charge is -2.18. The Morgan fingerprint density at radius 1 is 1.19 bits per heavy atom. The molecule has 0 saturated carbocycles. The number of methoxy groups -OCH3 is 2. The number of likely N-dealkylation sites (tertiary alicyclic amines) is 1. The number of ether oxygens (including phenoxy) is 2. The first-order chi connectivity index (χ1) is 12.1. The number of anilines is 1. The van der Waals surface area contributed by atoms with Gasteiger partial charge in [0, 0.05) is 37.0 Å². The van der Waals surface area contributed by atoms with Crippen molar-refractivity contribution in [3.05, 3.63) is 18.2 Å². The summed E-state index contributed by atoms with van der Waals surface area (Å²) in [6.07, 6.45) is -4.63. The van der Waals surface area contributed by atoms with Crippen molar-refractivity contribution in [1.82, 2.24) is 4.90 Å². The summed E-state index contributed by atoms with van der Waals surface area (Å²) in [5, 5.41) is 11.5. The molecule has 0 aromatic heterocycles. The molecule has 2 rings (SSSR count). The Morgan fingerprint density at radius 3 is 2.19 bits per heavy atom. The van der Waals surface area contributed by atoms with Gasteiger partial charge in [0.15, 0.2) is 0 Å². The van der Waals surface area contributed by atoms with Crippen LogP contribution in [0.4, 0.5) is 18.9 Å². The minimum atomic E-state index is -4.63. The number of carbonyl (C=O) groups excluding carboxylic acids is 1. The Balaban J connectivity index is 2.03. The fraction of sp³-hybridized carbons (Fsp3) is 0.500. The van der Waals surface area contributed by atoms with Crippen LogP contribution in [0, 0.1) is 11.8 Å². The van der Waals surface area contributed by atoms with Gasteiger partial charge in [0.05, 0.1) is 32.6 Å². The van der Waals surface area contributed by atoms with Crippen molar-refractivity contribution in [2.75, 3.05) is 39.2 Å². The van der Waals surface area contributed by atoms with E-state index in [1.807, 2.05) is 0 Å². The molecule has 7 nitrogen and oxygen atoms in total. The van der Waals surface area contributed by atoms with Gasteiger partial charge in [-0.2, -0.15) is 13.2 Å². The lowest BCUT2D eigenvalue weighted by Crippen LogP contribution is -2.34. The largest absolute Gasteiger partial charge is 0.497 e. The molecule has 1 aromatic carbocycles. The molecule has 0 bridgehead atoms. The number of benzene rings is 1. The van der Waals surface area contributed by atoms with Crippen LogP contribution in [0.5, 0.6) is 11.5 Å². The topological polar surface area (TPSA) is 88.1 Å². The molecule has 0 unspecified atom stereocenters. The Kier molecular flexibility index (Phi) is 5.96. The Morgan fingerprint density at radius 2 is 1.77 bits per heavy atom. The van der Waals surface area contributed by atoms with Crippen molar-refractivity contribution in [1.29, 1.82) is 0 Å². The summed E-state index contributed by atoms with van der Waals surface area (Å²) in [7, 11) is 2.88. The Bertz CT molecular complexity index is 658. The van der Waals surface area contributed by atoms with Gasteiger partial charge in [-0.25, -0.2) is 0 Å². The minimum absolute atomic E-state index is 0.339. The third-order valence-electron chi connectivity index (χ3n) is 4.14. The third kappa shape index (κ3) is 4.78. The van der Waals surface area contributed by atoms with E-state index >= 15 is 0 Å². The number of nitrogens with zero attached hydrogens (tertiary/aromatic N) is 1. The predicted molar refractivity (Wildman–Crippen MR) is 85.3 cm³/mol. The summed E-state index contributed by atoms with van der Waals surface area (Å²) in [4.78, 5) is 24.4. The zero-order valence-corrected chi connectivity index (χ0v) is 14.2. The van der Waals surface area contributed by atoms with Gasteiger partial charge in [0.25, 0.3) is 0 Å². The third-order valence-corrected chi connectivity index (χ3v) is 4.14. The lowest BCUT2D eigenvalue weighted by atomic mass is 9.96. The van der Waals surface area contributed by atoms with Gasteiger partial charge in [-0.05, 0) is 0 Å². The lowest BCUT2D eigenvalue weighted by molar-refractivity contribution is -0.188. The summed E-state index contributed by atoms with van der Waals surface area (Å²) < 4.78 is 49.1. The highest BCUT2D eigenvalue weighted by molar-refractivity contribution is 5.92. The van der Waals surface area contributed by atoms with Gasteiger partial charge in [0.2, 0.25) is 5.91 Å². The molecule has 144 valence electrons. The summed E-state index contributed by atoms with van der Waals surface area (Å²) in [5.41, 5.74) is 0.354. The molecule has 26 heavy (non-hydrogen) atoms. The van der Waals surface area contributed by atoms with Crippen LogP contribution >= 0.6 is 0 Å². The number of alkyl halides is 3. The molecular formula is C16H19F3N2O5. The number of aliphatic carboxylic acids is 1. The van der Waals surface area contributed by atoms with E-state index in [9.17, 15) is 22.8 Å². The molecule has 2 atom stereocenters. The number of nitrogens with one attached hydrogen (secondary N) is 1. The van der Waals surface area contributed by atoms with Crippen LogP contribution in [0.25, 0.3) is 0 Å². The molecule has 2 N–H and O–H groups in total. The highest BCUT2D eigenvalue weighted by Gasteiger charge is 2.52. The second-order valence-corrected chi connectivity index (χ2v) is 5.94. The van der Waals surface area contributed by atoms with Crippen molar-refractivity contribution in [3.63, 3.8) is 0 Å². The van der Waals surface area contributed by atoms with Crippen LogP contribution in [-0.4, -0.2) is 61.9 Å². The SMILES string of the molecule is COc1cc(NC(=O)CN2C[C@@H](C(F)(F)F)[C@H](C(=O)O)C2)cc(OC)c1. The molecule has 1 aliphatic rings. The number of hydrogen-bond donors (Lipinski definition) is 2. The molecule has 0 radical (unpaired) electrons. The minimum Gasteiger partial charge on any atom is -0.497 e. The van der Waals surface area contributed by atoms with E-state index in [4.69, 9.17) is 14.6 Å². The van der Waals surface area contributed by atoms with E-state index in [1.54, 1.807) is 6.07 Å². The van der Waals surface area contributed by atoms with E-state index in [0.29, 0.717) is 17.2 Å². The molecule has 1 fully saturated rings. The second kappa shape index (κ2) is 7.81. The normalized spacial score (nSPS) is 20.7. The number of carboxylic acids is 1. The quantitative estimate of drug-likeness (QED) is 0.788. The van der Waals surface area contributed by atoms with Gasteiger partial charge >= 0.3 is 12.1 Å². The van der Waals surface area contributed by atoms with Crippen molar-refractivity contribution < 1.29 is 37.3 Å². The average molecular weight is 376 g/mol. The second-order valence-electron chi connectivity index (χ2n) is 5.94. The van der Waals surface area contributed by atoms with Gasteiger partial charge in [-0.3, -0.25) is 14.5 Å². The van der Waals surface area contributed by atoms with Crippen molar-refractivity contribution >= 4 is 17.6 Å². The van der Waals surface area contributed by atoms with Gasteiger partial charge in [-0.1, -0.05) is 0 Å². The number of halogens is 3. The van der Waals surface area contributed by atoms with Crippen LogP contribution < -0.4 is 14.8 Å². The number of carboxylic acid groups (broad SMARTS) is 1. The van der Waals surface area contributed by atoms with E-state index in [0.717, 1.165) is 0 Å². The zero-order valence-electron chi connectivity index (χ0n) is 14.2. The molecule has 1 aliphatic heterocycles. The van der Waals surface area contributed by atoms with Crippen molar-refractivity contribution in [2.45, 2.75) is 6.18 Å². The number of hydrogen-bond acceptors (Lipinski definition) is 5. The van der Waals surface area contributed by atoms with Crippen molar-refractivity contribution in [2.24, 2.45) is 11.8 Å². The van der Waals surface area contributed by atoms with Crippen LogP contribution in [0.3, 0.4) is 0 Å². The molecular weight excluding hydrogens is 357 g/mol. The zero-order chi connectivity index (χ0) is 19.5. The molecule has 1 heterocycles. The highest BCUT2D eigenvalue weighted by atomic mass is 19.4. The predicted octanol–water partition coefficient (Wildman–Crippen LogP) is 1.84. The van der Waals surface area contributed by atoms with Gasteiger partial charge in [0.1, 0.15) is 11.5 Å². The first-order valence-corrected chi connectivity index (χ1v) is 7.69. The van der Waals surface area contributed by atoms with Crippen LogP contribution in [0.15, 0.2) is 18.2 Å². The Hall–Kier alpha value is -2.49. The maximum Gasteiger partial charge on any atom is 0.393 e. The first kappa shape index (κ1) is 19.8.